The van der Waals surface area contributed by atoms with Gasteiger partial charge in [0.25, 0.3) is 0 Å². The lowest BCUT2D eigenvalue weighted by atomic mass is 10.1. The number of rotatable bonds is 6. The molecule has 4 aromatic rings. The molecule has 5 rings (SSSR count). The first kappa shape index (κ1) is 19.4. The molecule has 0 saturated carbocycles. The van der Waals surface area contributed by atoms with Crippen LogP contribution in [0.4, 0.5) is 0 Å². The molecule has 31 heavy (non-hydrogen) atoms. The average molecular weight is 416 g/mol. The zero-order chi connectivity index (χ0) is 21.4. The smallest absolute Gasteiger partial charge is 0.244 e. The van der Waals surface area contributed by atoms with Crippen LogP contribution in [0.5, 0.6) is 0 Å². The number of likely N-dealkylation sites (tertiary alicyclic amines) is 1. The molecular formula is C23H24N6O2. The van der Waals surface area contributed by atoms with Gasteiger partial charge in [-0.1, -0.05) is 23.4 Å². The fourth-order valence-electron chi connectivity index (χ4n) is 4.55. The van der Waals surface area contributed by atoms with E-state index < -0.39 is 0 Å². The van der Waals surface area contributed by atoms with Gasteiger partial charge in [-0.25, -0.2) is 0 Å². The summed E-state index contributed by atoms with van der Waals surface area (Å²) >= 11 is 0. The maximum atomic E-state index is 11.6. The van der Waals surface area contributed by atoms with Crippen LogP contribution in [-0.4, -0.2) is 37.0 Å². The number of pyridine rings is 1. The van der Waals surface area contributed by atoms with Crippen molar-refractivity contribution in [1.82, 2.24) is 24.6 Å². The zero-order valence-electron chi connectivity index (χ0n) is 17.4. The van der Waals surface area contributed by atoms with Gasteiger partial charge in [-0.15, -0.1) is 0 Å². The number of nitrogens with zero attached hydrogens (tertiary/aromatic N) is 5. The summed E-state index contributed by atoms with van der Waals surface area (Å²) in [5, 5.41) is 5.33. The Kier molecular flexibility index (Phi) is 4.99. The van der Waals surface area contributed by atoms with Crippen LogP contribution in [0.25, 0.3) is 22.3 Å². The first-order valence-corrected chi connectivity index (χ1v) is 10.4. The van der Waals surface area contributed by atoms with E-state index in [1.165, 1.54) is 5.56 Å². The predicted molar refractivity (Wildman–Crippen MR) is 116 cm³/mol. The molecule has 1 aliphatic heterocycles. The third-order valence-corrected chi connectivity index (χ3v) is 6.07. The van der Waals surface area contributed by atoms with Crippen LogP contribution in [-0.2, 0) is 17.9 Å². The third-order valence-electron chi connectivity index (χ3n) is 6.07. The molecular weight excluding hydrogens is 392 g/mol. The van der Waals surface area contributed by atoms with Gasteiger partial charge in [-0.05, 0) is 50.1 Å². The Morgan fingerprint density at radius 3 is 2.84 bits per heavy atom. The van der Waals surface area contributed by atoms with E-state index in [0.717, 1.165) is 48.1 Å². The third kappa shape index (κ3) is 3.59. The number of benzene rings is 1. The average Bonchev–Trinajstić information content (AvgIpc) is 3.50. The summed E-state index contributed by atoms with van der Waals surface area (Å²) < 4.78 is 7.66. The maximum absolute atomic E-state index is 11.6. The Morgan fingerprint density at radius 2 is 2.03 bits per heavy atom. The van der Waals surface area contributed by atoms with Gasteiger partial charge in [0, 0.05) is 41.1 Å². The first-order chi connectivity index (χ1) is 15.1. The summed E-state index contributed by atoms with van der Waals surface area (Å²) in [5.74, 6) is 0.880. The second-order valence-electron chi connectivity index (χ2n) is 7.95. The lowest BCUT2D eigenvalue weighted by Crippen LogP contribution is -2.24. The molecule has 158 valence electrons. The Morgan fingerprint density at radius 1 is 1.23 bits per heavy atom. The van der Waals surface area contributed by atoms with Gasteiger partial charge in [0.1, 0.15) is 6.54 Å². The quantitative estimate of drug-likeness (QED) is 0.518. The molecule has 1 unspecified atom stereocenters. The summed E-state index contributed by atoms with van der Waals surface area (Å²) in [6, 6.07) is 12.0. The highest BCUT2D eigenvalue weighted by Gasteiger charge is 2.32. The molecule has 1 fully saturated rings. The normalized spacial score (nSPS) is 16.9. The first-order valence-electron chi connectivity index (χ1n) is 10.4. The van der Waals surface area contributed by atoms with Crippen molar-refractivity contribution >= 4 is 16.8 Å². The number of aromatic nitrogens is 4. The van der Waals surface area contributed by atoms with E-state index in [1.54, 1.807) is 12.4 Å². The van der Waals surface area contributed by atoms with E-state index in [2.05, 4.69) is 33.0 Å². The van der Waals surface area contributed by atoms with Gasteiger partial charge in [0.15, 0.2) is 0 Å². The number of carbonyl (C=O) groups excluding carboxylic acids is 1. The molecule has 0 radical (unpaired) electrons. The Hall–Kier alpha value is -3.52. The molecule has 1 saturated heterocycles. The van der Waals surface area contributed by atoms with E-state index in [-0.39, 0.29) is 18.5 Å². The highest BCUT2D eigenvalue weighted by molar-refractivity contribution is 5.87. The molecule has 1 aromatic carbocycles. The number of hydrogen-bond acceptors (Lipinski definition) is 6. The number of nitrogens with two attached hydrogens (primary N) is 1. The van der Waals surface area contributed by atoms with Crippen LogP contribution in [0.1, 0.15) is 36.0 Å². The Labute approximate surface area is 179 Å². The van der Waals surface area contributed by atoms with Crippen molar-refractivity contribution in [3.8, 4) is 11.4 Å². The van der Waals surface area contributed by atoms with E-state index in [0.29, 0.717) is 11.7 Å². The van der Waals surface area contributed by atoms with Crippen LogP contribution in [0.15, 0.2) is 53.3 Å². The molecule has 2 N–H and O–H groups in total. The number of fused-ring (bicyclic) bond motifs is 1. The van der Waals surface area contributed by atoms with Crippen LogP contribution in [0.3, 0.4) is 0 Å². The Bertz CT molecular complexity index is 1230. The monoisotopic (exact) mass is 416 g/mol. The molecule has 4 heterocycles. The number of primary amides is 1. The lowest BCUT2D eigenvalue weighted by Gasteiger charge is -2.21. The summed E-state index contributed by atoms with van der Waals surface area (Å²) in [4.78, 5) is 22.7. The van der Waals surface area contributed by atoms with Gasteiger partial charge in [0.05, 0.1) is 6.04 Å². The van der Waals surface area contributed by atoms with Crippen LogP contribution >= 0.6 is 0 Å². The van der Waals surface area contributed by atoms with Gasteiger partial charge >= 0.3 is 0 Å². The Balaban J connectivity index is 1.45. The fourth-order valence-corrected chi connectivity index (χ4v) is 4.55. The zero-order valence-corrected chi connectivity index (χ0v) is 17.4. The van der Waals surface area contributed by atoms with Crippen molar-refractivity contribution in [1.29, 1.82) is 0 Å². The van der Waals surface area contributed by atoms with Crippen LogP contribution in [0, 0.1) is 6.92 Å². The SMILES string of the molecule is Cc1c(CN2CCCC2c2nc(-c3ccncc3)no2)c2ccccc2n1CC(N)=O. The molecule has 1 atom stereocenters. The van der Waals surface area contributed by atoms with Gasteiger partial charge in [-0.3, -0.25) is 14.7 Å². The topological polar surface area (TPSA) is 103 Å². The highest BCUT2D eigenvalue weighted by Crippen LogP contribution is 2.36. The molecule has 8 heteroatoms. The van der Waals surface area contributed by atoms with Crippen molar-refractivity contribution in [2.45, 2.75) is 38.9 Å². The highest BCUT2D eigenvalue weighted by atomic mass is 16.5. The van der Waals surface area contributed by atoms with Gasteiger partial charge in [0.2, 0.25) is 17.6 Å². The summed E-state index contributed by atoms with van der Waals surface area (Å²) in [6.45, 7) is 3.93. The molecule has 0 aliphatic carbocycles. The minimum absolute atomic E-state index is 0.0701. The lowest BCUT2D eigenvalue weighted by molar-refractivity contribution is -0.118. The second kappa shape index (κ2) is 7.96. The van der Waals surface area contributed by atoms with Crippen molar-refractivity contribution in [2.24, 2.45) is 5.73 Å². The van der Waals surface area contributed by atoms with Crippen LogP contribution < -0.4 is 5.73 Å². The minimum Gasteiger partial charge on any atom is -0.368 e. The second-order valence-corrected chi connectivity index (χ2v) is 7.95. The van der Waals surface area contributed by atoms with E-state index in [9.17, 15) is 4.79 Å². The van der Waals surface area contributed by atoms with Crippen molar-refractivity contribution in [2.75, 3.05) is 6.54 Å². The number of amides is 1. The molecule has 1 aliphatic rings. The number of hydrogen-bond donors (Lipinski definition) is 1. The molecule has 1 amide bonds. The number of para-hydroxylation sites is 1. The fraction of sp³-hybridized carbons (Fsp3) is 0.304. The van der Waals surface area contributed by atoms with E-state index in [4.69, 9.17) is 10.3 Å². The summed E-state index contributed by atoms with van der Waals surface area (Å²) in [6.07, 6.45) is 5.48. The predicted octanol–water partition coefficient (Wildman–Crippen LogP) is 3.22. The van der Waals surface area contributed by atoms with Gasteiger partial charge in [-0.2, -0.15) is 4.98 Å². The van der Waals surface area contributed by atoms with Crippen molar-refractivity contribution < 1.29 is 9.32 Å². The largest absolute Gasteiger partial charge is 0.368 e. The minimum atomic E-state index is -0.344. The molecule has 0 spiro atoms. The summed E-state index contributed by atoms with van der Waals surface area (Å²) in [5.41, 5.74) is 9.69. The van der Waals surface area contributed by atoms with E-state index >= 15 is 0 Å². The van der Waals surface area contributed by atoms with Crippen LogP contribution in [0.2, 0.25) is 0 Å². The molecule has 0 bridgehead atoms. The van der Waals surface area contributed by atoms with Gasteiger partial charge < -0.3 is 14.8 Å². The maximum Gasteiger partial charge on any atom is 0.244 e. The van der Waals surface area contributed by atoms with E-state index in [1.807, 2.05) is 34.9 Å². The molecule has 3 aromatic heterocycles. The molecule has 8 nitrogen and oxygen atoms in total. The summed E-state index contributed by atoms with van der Waals surface area (Å²) in [7, 11) is 0. The van der Waals surface area contributed by atoms with Crippen molar-refractivity contribution in [3.05, 3.63) is 65.9 Å². The van der Waals surface area contributed by atoms with Crippen molar-refractivity contribution in [3.63, 3.8) is 0 Å². The number of carbonyl (C=O) groups is 1. The standard InChI is InChI=1S/C23H24N6O2/c1-15-18(17-5-2-3-6-19(17)29(15)14-21(24)30)13-28-12-4-7-20(28)23-26-22(27-31-23)16-8-10-25-11-9-16/h2-3,5-6,8-11,20H,4,7,12-14H2,1H3,(H2,24,30).